The fourth-order valence-electron chi connectivity index (χ4n) is 2.52. The van der Waals surface area contributed by atoms with Gasteiger partial charge in [0.25, 0.3) is 0 Å². The lowest BCUT2D eigenvalue weighted by atomic mass is 9.94. The fourth-order valence-corrected chi connectivity index (χ4v) is 3.50. The van der Waals surface area contributed by atoms with E-state index in [2.05, 4.69) is 20.9 Å². The number of aliphatic hydroxyl groups is 1. The van der Waals surface area contributed by atoms with Crippen molar-refractivity contribution in [2.24, 2.45) is 0 Å². The maximum absolute atomic E-state index is 11.4. The summed E-state index contributed by atoms with van der Waals surface area (Å²) in [5.41, 5.74) is -0.822. The molecule has 3 rings (SSSR count). The van der Waals surface area contributed by atoms with Gasteiger partial charge in [-0.25, -0.2) is 4.98 Å². The predicted octanol–water partition coefficient (Wildman–Crippen LogP) is 4.92. The number of halogens is 3. The van der Waals surface area contributed by atoms with Crippen LogP contribution in [0.4, 0.5) is 0 Å². The van der Waals surface area contributed by atoms with E-state index in [4.69, 9.17) is 27.9 Å². The molecule has 1 heterocycles. The van der Waals surface area contributed by atoms with Gasteiger partial charge in [-0.05, 0) is 40.2 Å². The summed E-state index contributed by atoms with van der Waals surface area (Å²) >= 11 is 15.8. The van der Waals surface area contributed by atoms with Crippen LogP contribution in [0.1, 0.15) is 5.56 Å². The maximum Gasteiger partial charge on any atom is 0.143 e. The SMILES string of the molecule is OC(COc1ccccc1Br)(Cn1ccnc1)c1ccc(Cl)cc1Cl. The minimum Gasteiger partial charge on any atom is -0.489 e. The zero-order valence-electron chi connectivity index (χ0n) is 13.1. The molecule has 25 heavy (non-hydrogen) atoms. The van der Waals surface area contributed by atoms with Gasteiger partial charge < -0.3 is 14.4 Å². The Morgan fingerprint density at radius 2 is 2.00 bits per heavy atom. The Labute approximate surface area is 164 Å². The molecule has 130 valence electrons. The number of rotatable bonds is 6. The Morgan fingerprint density at radius 3 is 2.68 bits per heavy atom. The molecule has 0 saturated carbocycles. The van der Waals surface area contributed by atoms with Crippen LogP contribution in [-0.2, 0) is 12.1 Å². The van der Waals surface area contributed by atoms with Crippen LogP contribution >= 0.6 is 39.1 Å². The van der Waals surface area contributed by atoms with Gasteiger partial charge in [-0.2, -0.15) is 0 Å². The summed E-state index contributed by atoms with van der Waals surface area (Å²) in [6.07, 6.45) is 5.05. The van der Waals surface area contributed by atoms with E-state index in [0.29, 0.717) is 21.4 Å². The number of nitrogens with zero attached hydrogens (tertiary/aromatic N) is 2. The zero-order valence-corrected chi connectivity index (χ0v) is 16.2. The smallest absolute Gasteiger partial charge is 0.143 e. The maximum atomic E-state index is 11.4. The van der Waals surface area contributed by atoms with Crippen molar-refractivity contribution in [1.29, 1.82) is 0 Å². The summed E-state index contributed by atoms with van der Waals surface area (Å²) in [7, 11) is 0. The van der Waals surface area contributed by atoms with Crippen LogP contribution in [-0.4, -0.2) is 21.3 Å². The first kappa shape index (κ1) is 18.3. The average molecular weight is 442 g/mol. The lowest BCUT2D eigenvalue weighted by Crippen LogP contribution is -2.38. The Morgan fingerprint density at radius 1 is 1.20 bits per heavy atom. The minimum atomic E-state index is -1.36. The standard InChI is InChI=1S/C18H15BrCl2N2O2/c19-15-3-1-2-4-17(15)25-11-18(24,10-23-8-7-22-12-23)14-6-5-13(20)9-16(14)21/h1-9,12,24H,10-11H2. The molecule has 7 heteroatoms. The molecule has 0 spiro atoms. The van der Waals surface area contributed by atoms with Gasteiger partial charge in [0.1, 0.15) is 18.0 Å². The van der Waals surface area contributed by atoms with Gasteiger partial charge in [0.15, 0.2) is 0 Å². The Kier molecular flexibility index (Phi) is 5.69. The van der Waals surface area contributed by atoms with Crippen LogP contribution in [0.2, 0.25) is 10.0 Å². The Balaban J connectivity index is 1.92. The fraction of sp³-hybridized carbons (Fsp3) is 0.167. The highest BCUT2D eigenvalue weighted by atomic mass is 79.9. The molecule has 0 saturated heterocycles. The van der Waals surface area contributed by atoms with Crippen molar-refractivity contribution in [1.82, 2.24) is 9.55 Å². The van der Waals surface area contributed by atoms with Crippen molar-refractivity contribution in [3.8, 4) is 5.75 Å². The van der Waals surface area contributed by atoms with Crippen molar-refractivity contribution in [2.75, 3.05) is 6.61 Å². The number of ether oxygens (including phenoxy) is 1. The highest BCUT2D eigenvalue weighted by Gasteiger charge is 2.33. The highest BCUT2D eigenvalue weighted by molar-refractivity contribution is 9.10. The van der Waals surface area contributed by atoms with Crippen LogP contribution in [0, 0.1) is 0 Å². The van der Waals surface area contributed by atoms with Gasteiger partial charge in [-0.3, -0.25) is 0 Å². The molecule has 0 aliphatic rings. The van der Waals surface area contributed by atoms with E-state index >= 15 is 0 Å². The Bertz CT molecular complexity index is 858. The highest BCUT2D eigenvalue weighted by Crippen LogP contribution is 2.34. The lowest BCUT2D eigenvalue weighted by molar-refractivity contribution is -0.0244. The molecular formula is C18H15BrCl2N2O2. The average Bonchev–Trinajstić information content (AvgIpc) is 3.06. The van der Waals surface area contributed by atoms with Crippen molar-refractivity contribution in [3.05, 3.63) is 81.3 Å². The molecule has 0 aliphatic carbocycles. The third-order valence-corrected chi connectivity index (χ3v) is 4.94. The molecule has 3 aromatic rings. The van der Waals surface area contributed by atoms with Gasteiger partial charge >= 0.3 is 0 Å². The second kappa shape index (κ2) is 7.79. The minimum absolute atomic E-state index is 0.00907. The van der Waals surface area contributed by atoms with Gasteiger partial charge in [-0.15, -0.1) is 0 Å². The number of para-hydroxylation sites is 1. The van der Waals surface area contributed by atoms with Crippen molar-refractivity contribution in [3.63, 3.8) is 0 Å². The van der Waals surface area contributed by atoms with Crippen LogP contribution in [0.3, 0.4) is 0 Å². The molecule has 1 aromatic heterocycles. The van der Waals surface area contributed by atoms with Crippen molar-refractivity contribution in [2.45, 2.75) is 12.1 Å². The van der Waals surface area contributed by atoms with Crippen LogP contribution < -0.4 is 4.74 Å². The molecule has 1 unspecified atom stereocenters. The van der Waals surface area contributed by atoms with E-state index in [1.807, 2.05) is 24.3 Å². The quantitative estimate of drug-likeness (QED) is 0.590. The molecule has 4 nitrogen and oxygen atoms in total. The third-order valence-electron chi connectivity index (χ3n) is 3.74. The van der Waals surface area contributed by atoms with Crippen molar-refractivity contribution >= 4 is 39.1 Å². The summed E-state index contributed by atoms with van der Waals surface area (Å²) < 4.78 is 8.45. The number of hydrogen-bond acceptors (Lipinski definition) is 3. The summed E-state index contributed by atoms with van der Waals surface area (Å²) in [4.78, 5) is 4.02. The topological polar surface area (TPSA) is 47.3 Å². The van der Waals surface area contributed by atoms with Gasteiger partial charge in [0.05, 0.1) is 17.3 Å². The molecule has 2 aromatic carbocycles. The van der Waals surface area contributed by atoms with E-state index in [-0.39, 0.29) is 13.2 Å². The first-order chi connectivity index (χ1) is 12.0. The van der Waals surface area contributed by atoms with Crippen LogP contribution in [0.25, 0.3) is 0 Å². The Hall–Kier alpha value is -1.53. The molecule has 1 N–H and O–H groups in total. The van der Waals surface area contributed by atoms with Gasteiger partial charge in [0, 0.05) is 28.0 Å². The van der Waals surface area contributed by atoms with Crippen LogP contribution in [0.15, 0.2) is 65.7 Å². The first-order valence-corrected chi connectivity index (χ1v) is 9.04. The summed E-state index contributed by atoms with van der Waals surface area (Å²) in [5, 5.41) is 12.2. The summed E-state index contributed by atoms with van der Waals surface area (Å²) in [6.45, 7) is 0.244. The summed E-state index contributed by atoms with van der Waals surface area (Å²) in [5.74, 6) is 0.636. The number of aromatic nitrogens is 2. The molecule has 1 atom stereocenters. The van der Waals surface area contributed by atoms with Gasteiger partial charge in [-0.1, -0.05) is 41.4 Å². The molecule has 0 aliphatic heterocycles. The van der Waals surface area contributed by atoms with E-state index in [9.17, 15) is 5.11 Å². The van der Waals surface area contributed by atoms with E-state index in [1.165, 1.54) is 0 Å². The van der Waals surface area contributed by atoms with E-state index in [1.54, 1.807) is 41.5 Å². The molecule has 0 bridgehead atoms. The van der Waals surface area contributed by atoms with E-state index in [0.717, 1.165) is 4.47 Å². The second-order valence-electron chi connectivity index (χ2n) is 5.61. The second-order valence-corrected chi connectivity index (χ2v) is 7.31. The first-order valence-electron chi connectivity index (χ1n) is 7.49. The number of imidazole rings is 1. The lowest BCUT2D eigenvalue weighted by Gasteiger charge is -2.30. The van der Waals surface area contributed by atoms with Crippen molar-refractivity contribution < 1.29 is 9.84 Å². The molecule has 0 amide bonds. The number of hydrogen-bond donors (Lipinski definition) is 1. The normalized spacial score (nSPS) is 13.4. The zero-order chi connectivity index (χ0) is 17.9. The third kappa shape index (κ3) is 4.36. The largest absolute Gasteiger partial charge is 0.489 e. The van der Waals surface area contributed by atoms with Gasteiger partial charge in [0.2, 0.25) is 0 Å². The summed E-state index contributed by atoms with van der Waals surface area (Å²) in [6, 6.07) is 12.5. The molecule has 0 fully saturated rings. The van der Waals surface area contributed by atoms with E-state index < -0.39 is 5.60 Å². The number of benzene rings is 2. The van der Waals surface area contributed by atoms with Crippen LogP contribution in [0.5, 0.6) is 5.75 Å². The molecular weight excluding hydrogens is 427 g/mol. The molecule has 0 radical (unpaired) electrons. The predicted molar refractivity (Wildman–Crippen MR) is 102 cm³/mol. The monoisotopic (exact) mass is 440 g/mol.